The number of hydrogen-bond acceptors (Lipinski definition) is 5. The van der Waals surface area contributed by atoms with Crippen LogP contribution in [0.2, 0.25) is 5.02 Å². The molecule has 0 amide bonds. The maximum Gasteiger partial charge on any atom is 0.269 e. The maximum atomic E-state index is 10.7. The van der Waals surface area contributed by atoms with Gasteiger partial charge in [-0.05, 0) is 49.6 Å². The van der Waals surface area contributed by atoms with Crippen LogP contribution in [-0.4, -0.2) is 17.6 Å². The van der Waals surface area contributed by atoms with Crippen molar-refractivity contribution in [1.29, 1.82) is 0 Å². The highest BCUT2D eigenvalue weighted by Gasteiger charge is 2.13. The molecule has 0 aliphatic rings. The van der Waals surface area contributed by atoms with E-state index < -0.39 is 4.92 Å². The number of nitro groups is 1. The van der Waals surface area contributed by atoms with E-state index in [1.54, 1.807) is 18.2 Å². The van der Waals surface area contributed by atoms with E-state index in [4.69, 9.17) is 21.1 Å². The number of ether oxygens (including phenoxy) is 2. The summed E-state index contributed by atoms with van der Waals surface area (Å²) in [5.41, 5.74) is 1.82. The first-order valence-electron chi connectivity index (χ1n) is 8.99. The quantitative estimate of drug-likeness (QED) is 0.449. The molecule has 27 heavy (non-hydrogen) atoms. The van der Waals surface area contributed by atoms with Gasteiger partial charge in [-0.3, -0.25) is 10.1 Å². The number of non-ortho nitro benzene ring substituents is 1. The van der Waals surface area contributed by atoms with Gasteiger partial charge in [-0.2, -0.15) is 0 Å². The molecule has 1 N–H and O–H groups in total. The van der Waals surface area contributed by atoms with E-state index >= 15 is 0 Å². The Morgan fingerprint density at radius 2 is 1.81 bits per heavy atom. The second-order valence-electron chi connectivity index (χ2n) is 6.23. The van der Waals surface area contributed by atoms with Crippen molar-refractivity contribution in [3.05, 3.63) is 62.7 Å². The monoisotopic (exact) mass is 392 g/mol. The molecular formula is C20H25ClN2O4. The van der Waals surface area contributed by atoms with E-state index in [1.165, 1.54) is 12.1 Å². The summed E-state index contributed by atoms with van der Waals surface area (Å²) in [5, 5.41) is 14.7. The third kappa shape index (κ3) is 6.12. The lowest BCUT2D eigenvalue weighted by Gasteiger charge is -2.17. The first kappa shape index (κ1) is 21.0. The van der Waals surface area contributed by atoms with Crippen molar-refractivity contribution >= 4 is 17.3 Å². The summed E-state index contributed by atoms with van der Waals surface area (Å²) in [4.78, 5) is 10.3. The summed E-state index contributed by atoms with van der Waals surface area (Å²) >= 11 is 6.42. The molecule has 7 heteroatoms. The molecule has 2 aromatic carbocycles. The van der Waals surface area contributed by atoms with E-state index in [1.807, 2.05) is 13.0 Å². The van der Waals surface area contributed by atoms with Crippen molar-refractivity contribution in [1.82, 2.24) is 5.32 Å². The van der Waals surface area contributed by atoms with E-state index in [0.29, 0.717) is 35.7 Å². The van der Waals surface area contributed by atoms with E-state index in [9.17, 15) is 10.1 Å². The van der Waals surface area contributed by atoms with Gasteiger partial charge in [0.15, 0.2) is 11.5 Å². The van der Waals surface area contributed by atoms with Crippen molar-refractivity contribution < 1.29 is 14.4 Å². The van der Waals surface area contributed by atoms with Crippen LogP contribution in [0.1, 0.15) is 38.3 Å². The Kier molecular flexibility index (Phi) is 7.88. The largest absolute Gasteiger partial charge is 0.490 e. The van der Waals surface area contributed by atoms with Crippen LogP contribution in [0.15, 0.2) is 36.4 Å². The minimum absolute atomic E-state index is 0.0509. The normalized spacial score (nSPS) is 11.9. The zero-order chi connectivity index (χ0) is 19.8. The third-order valence-electron chi connectivity index (χ3n) is 4.21. The summed E-state index contributed by atoms with van der Waals surface area (Å²) in [6.07, 6.45) is 1.03. The second kappa shape index (κ2) is 10.1. The van der Waals surface area contributed by atoms with Crippen LogP contribution in [0.5, 0.6) is 11.5 Å². The molecule has 0 radical (unpaired) electrons. The fourth-order valence-corrected chi connectivity index (χ4v) is 2.62. The van der Waals surface area contributed by atoms with Gasteiger partial charge in [0.25, 0.3) is 5.69 Å². The molecule has 1 atom stereocenters. The Balaban J connectivity index is 2.12. The number of rotatable bonds is 10. The zero-order valence-corrected chi connectivity index (χ0v) is 16.6. The SMILES string of the molecule is CCOc1cc(CNC(C)CC)c(Cl)cc1OCc1ccc([N+](=O)[O-])cc1. The highest BCUT2D eigenvalue weighted by Crippen LogP contribution is 2.34. The zero-order valence-electron chi connectivity index (χ0n) is 15.8. The molecule has 0 heterocycles. The standard InChI is InChI=1S/C20H25ClN2O4/c1-4-14(3)22-12-16-10-19(26-5-2)20(11-18(16)21)27-13-15-6-8-17(9-7-15)23(24)25/h6-11,14,22H,4-5,12-13H2,1-3H3. The van der Waals surface area contributed by atoms with Crippen LogP contribution in [0.3, 0.4) is 0 Å². The summed E-state index contributed by atoms with van der Waals surface area (Å²) in [5.74, 6) is 1.18. The molecule has 0 aliphatic carbocycles. The highest BCUT2D eigenvalue weighted by atomic mass is 35.5. The van der Waals surface area contributed by atoms with Gasteiger partial charge in [-0.25, -0.2) is 0 Å². The number of nitrogens with one attached hydrogen (secondary N) is 1. The van der Waals surface area contributed by atoms with Gasteiger partial charge in [0, 0.05) is 35.8 Å². The molecule has 2 rings (SSSR count). The van der Waals surface area contributed by atoms with Gasteiger partial charge in [-0.15, -0.1) is 0 Å². The fourth-order valence-electron chi connectivity index (χ4n) is 2.40. The number of nitro benzene ring substituents is 1. The van der Waals surface area contributed by atoms with Gasteiger partial charge in [0.05, 0.1) is 11.5 Å². The van der Waals surface area contributed by atoms with E-state index in [-0.39, 0.29) is 12.3 Å². The molecule has 0 saturated carbocycles. The van der Waals surface area contributed by atoms with E-state index in [2.05, 4.69) is 19.2 Å². The number of hydrogen-bond donors (Lipinski definition) is 1. The topological polar surface area (TPSA) is 73.6 Å². The highest BCUT2D eigenvalue weighted by molar-refractivity contribution is 6.31. The van der Waals surface area contributed by atoms with Crippen molar-refractivity contribution in [3.8, 4) is 11.5 Å². The summed E-state index contributed by atoms with van der Waals surface area (Å²) in [6.45, 7) is 7.58. The molecule has 0 aliphatic heterocycles. The molecule has 0 saturated heterocycles. The lowest BCUT2D eigenvalue weighted by molar-refractivity contribution is -0.384. The van der Waals surface area contributed by atoms with Crippen LogP contribution < -0.4 is 14.8 Å². The second-order valence-corrected chi connectivity index (χ2v) is 6.63. The molecule has 0 aromatic heterocycles. The lowest BCUT2D eigenvalue weighted by atomic mass is 10.1. The average molecular weight is 393 g/mol. The predicted molar refractivity (Wildman–Crippen MR) is 107 cm³/mol. The number of halogens is 1. The van der Waals surface area contributed by atoms with Crippen molar-refractivity contribution in [3.63, 3.8) is 0 Å². The Hall–Kier alpha value is -2.31. The Labute approximate surface area is 164 Å². The van der Waals surface area contributed by atoms with Crippen LogP contribution in [-0.2, 0) is 13.2 Å². The van der Waals surface area contributed by atoms with Crippen LogP contribution in [0.4, 0.5) is 5.69 Å². The van der Waals surface area contributed by atoms with E-state index in [0.717, 1.165) is 17.5 Å². The lowest BCUT2D eigenvalue weighted by Crippen LogP contribution is -2.24. The van der Waals surface area contributed by atoms with Gasteiger partial charge < -0.3 is 14.8 Å². The van der Waals surface area contributed by atoms with Gasteiger partial charge >= 0.3 is 0 Å². The Morgan fingerprint density at radius 1 is 1.15 bits per heavy atom. The van der Waals surface area contributed by atoms with Gasteiger partial charge in [-0.1, -0.05) is 18.5 Å². The third-order valence-corrected chi connectivity index (χ3v) is 4.56. The molecule has 0 fully saturated rings. The maximum absolute atomic E-state index is 10.7. The van der Waals surface area contributed by atoms with Crippen molar-refractivity contribution in [2.24, 2.45) is 0 Å². The molecule has 2 aromatic rings. The molecule has 146 valence electrons. The first-order chi connectivity index (χ1) is 12.9. The minimum atomic E-state index is -0.427. The smallest absolute Gasteiger partial charge is 0.269 e. The average Bonchev–Trinajstić information content (AvgIpc) is 2.67. The predicted octanol–water partition coefficient (Wildman–Crippen LogP) is 5.11. The summed E-state index contributed by atoms with van der Waals surface area (Å²) in [7, 11) is 0. The van der Waals surface area contributed by atoms with Crippen LogP contribution in [0, 0.1) is 10.1 Å². The Morgan fingerprint density at radius 3 is 2.41 bits per heavy atom. The Bertz CT molecular complexity index is 765. The van der Waals surface area contributed by atoms with Crippen LogP contribution in [0.25, 0.3) is 0 Å². The van der Waals surface area contributed by atoms with Gasteiger partial charge in [0.1, 0.15) is 6.61 Å². The molecule has 6 nitrogen and oxygen atoms in total. The number of benzene rings is 2. The fraction of sp³-hybridized carbons (Fsp3) is 0.400. The summed E-state index contributed by atoms with van der Waals surface area (Å²) in [6, 6.07) is 10.3. The minimum Gasteiger partial charge on any atom is -0.490 e. The molecular weight excluding hydrogens is 368 g/mol. The number of nitrogens with zero attached hydrogens (tertiary/aromatic N) is 1. The molecule has 0 bridgehead atoms. The first-order valence-corrected chi connectivity index (χ1v) is 9.37. The molecule has 1 unspecified atom stereocenters. The van der Waals surface area contributed by atoms with Crippen molar-refractivity contribution in [2.45, 2.75) is 46.4 Å². The van der Waals surface area contributed by atoms with Crippen molar-refractivity contribution in [2.75, 3.05) is 6.61 Å². The van der Waals surface area contributed by atoms with Gasteiger partial charge in [0.2, 0.25) is 0 Å². The summed E-state index contributed by atoms with van der Waals surface area (Å²) < 4.78 is 11.6. The molecule has 0 spiro atoms. The van der Waals surface area contributed by atoms with Crippen LogP contribution >= 0.6 is 11.6 Å².